The third-order valence-corrected chi connectivity index (χ3v) is 2.76. The van der Waals surface area contributed by atoms with E-state index in [2.05, 4.69) is 10.8 Å². The van der Waals surface area contributed by atoms with E-state index < -0.39 is 11.9 Å². The molecule has 1 aromatic carbocycles. The van der Waals surface area contributed by atoms with Crippen molar-refractivity contribution >= 4 is 11.8 Å². The molecule has 2 amide bonds. The van der Waals surface area contributed by atoms with E-state index in [0.717, 1.165) is 24.1 Å². The molecule has 6 heteroatoms. The van der Waals surface area contributed by atoms with E-state index in [9.17, 15) is 9.59 Å². The fourth-order valence-electron chi connectivity index (χ4n) is 1.98. The molecule has 0 bridgehead atoms. The van der Waals surface area contributed by atoms with Crippen LogP contribution in [0.1, 0.15) is 17.2 Å². The number of benzene rings is 1. The van der Waals surface area contributed by atoms with Crippen molar-refractivity contribution in [3.05, 3.63) is 35.4 Å². The molecule has 2 rings (SSSR count). The molecule has 1 aliphatic heterocycles. The van der Waals surface area contributed by atoms with Crippen molar-refractivity contribution in [2.24, 2.45) is 5.73 Å². The Morgan fingerprint density at radius 3 is 3.00 bits per heavy atom. The number of carbonyl (C=O) groups is 2. The van der Waals surface area contributed by atoms with Crippen molar-refractivity contribution < 1.29 is 14.4 Å². The maximum atomic E-state index is 11.9. The van der Waals surface area contributed by atoms with Crippen LogP contribution < -0.4 is 16.5 Å². The first-order valence-corrected chi connectivity index (χ1v) is 5.69. The van der Waals surface area contributed by atoms with E-state index in [4.69, 9.17) is 10.6 Å². The Labute approximate surface area is 104 Å². The van der Waals surface area contributed by atoms with Crippen LogP contribution in [0.15, 0.2) is 24.3 Å². The van der Waals surface area contributed by atoms with Gasteiger partial charge in [-0.25, -0.2) is 5.48 Å². The van der Waals surface area contributed by atoms with Crippen LogP contribution in [0.25, 0.3) is 0 Å². The fraction of sp³-hybridized carbons (Fsp3) is 0.333. The molecule has 1 aromatic rings. The number of hydroxylamine groups is 1. The Morgan fingerprint density at radius 2 is 2.22 bits per heavy atom. The monoisotopic (exact) mass is 249 g/mol. The minimum Gasteiger partial charge on any atom is -0.368 e. The third kappa shape index (κ3) is 2.85. The molecule has 96 valence electrons. The summed E-state index contributed by atoms with van der Waals surface area (Å²) in [6.45, 7) is 0.394. The summed E-state index contributed by atoms with van der Waals surface area (Å²) in [7, 11) is 0. The summed E-state index contributed by atoms with van der Waals surface area (Å²) in [6, 6.07) is 7.28. The molecule has 4 N–H and O–H groups in total. The highest BCUT2D eigenvalue weighted by atomic mass is 16.7. The number of primary amides is 1. The lowest BCUT2D eigenvalue weighted by molar-refractivity contribution is -0.139. The topological polar surface area (TPSA) is 93.5 Å². The van der Waals surface area contributed by atoms with Crippen molar-refractivity contribution in [3.63, 3.8) is 0 Å². The Morgan fingerprint density at radius 1 is 1.44 bits per heavy atom. The Kier molecular flexibility index (Phi) is 3.91. The fourth-order valence-corrected chi connectivity index (χ4v) is 1.98. The highest BCUT2D eigenvalue weighted by Gasteiger charge is 2.25. The van der Waals surface area contributed by atoms with E-state index >= 15 is 0 Å². The molecule has 1 atom stereocenters. The second-order valence-corrected chi connectivity index (χ2v) is 4.06. The first-order chi connectivity index (χ1) is 8.68. The van der Waals surface area contributed by atoms with Gasteiger partial charge in [-0.1, -0.05) is 24.3 Å². The molecule has 18 heavy (non-hydrogen) atoms. The highest BCUT2D eigenvalue weighted by Crippen LogP contribution is 2.22. The number of rotatable bonds is 4. The minimum atomic E-state index is -0.632. The highest BCUT2D eigenvalue weighted by molar-refractivity contribution is 5.83. The number of hydrogen-bond donors (Lipinski definition) is 3. The third-order valence-electron chi connectivity index (χ3n) is 2.76. The lowest BCUT2D eigenvalue weighted by atomic mass is 9.94. The van der Waals surface area contributed by atoms with Gasteiger partial charge in [-0.2, -0.15) is 0 Å². The van der Waals surface area contributed by atoms with Gasteiger partial charge in [0.2, 0.25) is 5.91 Å². The van der Waals surface area contributed by atoms with Crippen molar-refractivity contribution in [3.8, 4) is 0 Å². The van der Waals surface area contributed by atoms with Gasteiger partial charge in [0.05, 0.1) is 0 Å². The van der Waals surface area contributed by atoms with Crippen molar-refractivity contribution in [2.75, 3.05) is 13.2 Å². The van der Waals surface area contributed by atoms with Gasteiger partial charge in [-0.05, 0) is 17.5 Å². The molecule has 0 saturated carbocycles. The molecule has 1 heterocycles. The molecule has 0 aromatic heterocycles. The van der Waals surface area contributed by atoms with Gasteiger partial charge in [-0.15, -0.1) is 0 Å². The molecular weight excluding hydrogens is 234 g/mol. The number of fused-ring (bicyclic) bond motifs is 1. The van der Waals surface area contributed by atoms with E-state index in [0.29, 0.717) is 0 Å². The van der Waals surface area contributed by atoms with Crippen LogP contribution in [0.2, 0.25) is 0 Å². The molecule has 0 saturated heterocycles. The summed E-state index contributed by atoms with van der Waals surface area (Å²) < 4.78 is 0. The van der Waals surface area contributed by atoms with Crippen LogP contribution in [-0.4, -0.2) is 25.0 Å². The summed E-state index contributed by atoms with van der Waals surface area (Å²) in [6.07, 6.45) is 0.891. The number of nitrogens with one attached hydrogen (secondary N) is 2. The molecule has 0 fully saturated rings. The Bertz CT molecular complexity index is 462. The lowest BCUT2D eigenvalue weighted by Gasteiger charge is -2.25. The summed E-state index contributed by atoms with van der Waals surface area (Å²) in [5.74, 6) is -0.962. The van der Waals surface area contributed by atoms with Crippen molar-refractivity contribution in [1.29, 1.82) is 0 Å². The average molecular weight is 249 g/mol. The van der Waals surface area contributed by atoms with Crippen LogP contribution in [0.3, 0.4) is 0 Å². The first-order valence-electron chi connectivity index (χ1n) is 5.69. The maximum Gasteiger partial charge on any atom is 0.265 e. The molecule has 0 aliphatic carbocycles. The minimum absolute atomic E-state index is 0.330. The smallest absolute Gasteiger partial charge is 0.265 e. The van der Waals surface area contributed by atoms with Crippen LogP contribution >= 0.6 is 0 Å². The van der Waals surface area contributed by atoms with Gasteiger partial charge in [-0.3, -0.25) is 14.4 Å². The molecular formula is C12H15N3O3. The molecule has 6 nitrogen and oxygen atoms in total. The second-order valence-electron chi connectivity index (χ2n) is 4.06. The van der Waals surface area contributed by atoms with E-state index in [1.807, 2.05) is 24.3 Å². The van der Waals surface area contributed by atoms with Gasteiger partial charge >= 0.3 is 0 Å². The van der Waals surface area contributed by atoms with Gasteiger partial charge in [0, 0.05) is 6.54 Å². The van der Waals surface area contributed by atoms with E-state index in [1.165, 1.54) is 0 Å². The molecule has 0 radical (unpaired) electrons. The lowest BCUT2D eigenvalue weighted by Crippen LogP contribution is -2.42. The van der Waals surface area contributed by atoms with E-state index in [-0.39, 0.29) is 12.5 Å². The second kappa shape index (κ2) is 5.61. The Balaban J connectivity index is 2.01. The number of hydrogen-bond acceptors (Lipinski definition) is 4. The predicted molar refractivity (Wildman–Crippen MR) is 64.2 cm³/mol. The standard InChI is InChI=1S/C12H15N3O3/c13-10(16)7-18-15-12(17)11-9-4-2-1-3-8(9)5-6-14-11/h1-4,11,14H,5-7H2,(H2,13,16)(H,15,17). The van der Waals surface area contributed by atoms with Gasteiger partial charge in [0.1, 0.15) is 6.04 Å². The normalized spacial score (nSPS) is 17.9. The van der Waals surface area contributed by atoms with Crippen LogP contribution in [0.5, 0.6) is 0 Å². The van der Waals surface area contributed by atoms with Crippen molar-refractivity contribution in [1.82, 2.24) is 10.8 Å². The quantitative estimate of drug-likeness (QED) is 0.621. The van der Waals surface area contributed by atoms with Gasteiger partial charge < -0.3 is 11.1 Å². The van der Waals surface area contributed by atoms with Crippen LogP contribution in [-0.2, 0) is 20.8 Å². The van der Waals surface area contributed by atoms with Gasteiger partial charge in [0.25, 0.3) is 5.91 Å². The summed E-state index contributed by atoms with van der Waals surface area (Å²) in [4.78, 5) is 27.1. The van der Waals surface area contributed by atoms with Crippen LogP contribution in [0, 0.1) is 0 Å². The molecule has 0 spiro atoms. The molecule has 1 aliphatic rings. The number of amides is 2. The SMILES string of the molecule is NC(=O)CONC(=O)C1NCCc2ccccc21. The zero-order chi connectivity index (χ0) is 13.0. The van der Waals surface area contributed by atoms with E-state index in [1.54, 1.807) is 0 Å². The largest absolute Gasteiger partial charge is 0.368 e. The molecule has 1 unspecified atom stereocenters. The summed E-state index contributed by atoms with van der Waals surface area (Å²) in [5, 5.41) is 3.10. The van der Waals surface area contributed by atoms with Crippen LogP contribution in [0.4, 0.5) is 0 Å². The maximum absolute atomic E-state index is 11.9. The predicted octanol–water partition coefficient (Wildman–Crippen LogP) is -0.593. The number of nitrogens with two attached hydrogens (primary N) is 1. The Hall–Kier alpha value is -1.92. The summed E-state index contributed by atoms with van der Waals surface area (Å²) in [5.41, 5.74) is 9.20. The number of carbonyl (C=O) groups excluding carboxylic acids is 2. The zero-order valence-electron chi connectivity index (χ0n) is 9.81. The first kappa shape index (κ1) is 12.5. The summed E-state index contributed by atoms with van der Waals surface area (Å²) >= 11 is 0. The zero-order valence-corrected chi connectivity index (χ0v) is 9.81. The average Bonchev–Trinajstić information content (AvgIpc) is 2.37. The van der Waals surface area contributed by atoms with Gasteiger partial charge in [0.15, 0.2) is 6.61 Å². The van der Waals surface area contributed by atoms with Crippen molar-refractivity contribution in [2.45, 2.75) is 12.5 Å².